The summed E-state index contributed by atoms with van der Waals surface area (Å²) in [6.45, 7) is 4.00. The number of ether oxygens (including phenoxy) is 1. The number of hydrogen-bond donors (Lipinski definition) is 1. The van der Waals surface area contributed by atoms with Crippen LogP contribution in [-0.2, 0) is 16.0 Å². The maximum absolute atomic E-state index is 12.6. The van der Waals surface area contributed by atoms with Gasteiger partial charge in [-0.2, -0.15) is 0 Å². The third kappa shape index (κ3) is 4.77. The van der Waals surface area contributed by atoms with E-state index in [0.717, 1.165) is 0 Å². The highest BCUT2D eigenvalue weighted by Crippen LogP contribution is 2.17. The minimum Gasteiger partial charge on any atom is -0.505 e. The number of esters is 1. The van der Waals surface area contributed by atoms with Gasteiger partial charge in [-0.25, -0.2) is 4.39 Å². The molecule has 0 aromatic heterocycles. The molecular formula is C12H17FO3. The molecule has 90 valence electrons. The molecule has 0 amide bonds. The van der Waals surface area contributed by atoms with Crippen molar-refractivity contribution in [2.75, 3.05) is 7.11 Å². The first kappa shape index (κ1) is 14.4. The average molecular weight is 228 g/mol. The minimum absolute atomic E-state index is 0.224. The molecule has 1 aromatic rings. The molecule has 16 heavy (non-hydrogen) atoms. The van der Waals surface area contributed by atoms with Crippen LogP contribution in [0.15, 0.2) is 18.2 Å². The van der Waals surface area contributed by atoms with Gasteiger partial charge in [0, 0.05) is 6.42 Å². The topological polar surface area (TPSA) is 46.5 Å². The molecule has 3 nitrogen and oxygen atoms in total. The molecule has 1 aromatic carbocycles. The monoisotopic (exact) mass is 228 g/mol. The molecule has 0 heterocycles. The van der Waals surface area contributed by atoms with Crippen molar-refractivity contribution < 1.29 is 19.0 Å². The van der Waals surface area contributed by atoms with Gasteiger partial charge in [-0.1, -0.05) is 19.9 Å². The van der Waals surface area contributed by atoms with Crippen LogP contribution < -0.4 is 0 Å². The first-order valence-corrected chi connectivity index (χ1v) is 5.17. The zero-order valence-electron chi connectivity index (χ0n) is 9.79. The van der Waals surface area contributed by atoms with Gasteiger partial charge in [0.05, 0.1) is 7.11 Å². The van der Waals surface area contributed by atoms with E-state index in [-0.39, 0.29) is 12.4 Å². The Kier molecular flexibility index (Phi) is 6.92. The Morgan fingerprint density at radius 3 is 2.56 bits per heavy atom. The van der Waals surface area contributed by atoms with Gasteiger partial charge in [0.15, 0.2) is 11.6 Å². The smallest absolute Gasteiger partial charge is 0.305 e. The molecule has 0 atom stereocenters. The molecule has 1 N–H and O–H groups in total. The highest BCUT2D eigenvalue weighted by Gasteiger charge is 2.04. The normalized spacial score (nSPS) is 9.00. The molecule has 0 spiro atoms. The van der Waals surface area contributed by atoms with Crippen LogP contribution in [0.3, 0.4) is 0 Å². The third-order valence-corrected chi connectivity index (χ3v) is 1.86. The van der Waals surface area contributed by atoms with E-state index in [0.29, 0.717) is 12.0 Å². The summed E-state index contributed by atoms with van der Waals surface area (Å²) in [5.74, 6) is -1.38. The maximum atomic E-state index is 12.6. The summed E-state index contributed by atoms with van der Waals surface area (Å²) < 4.78 is 17.1. The number of phenols is 1. The fourth-order valence-corrected chi connectivity index (χ4v) is 1.06. The Balaban J connectivity index is 0.00000106. The SMILES string of the molecule is CC.COC(=O)CCc1ccc(F)c(O)c1. The van der Waals surface area contributed by atoms with Gasteiger partial charge in [0.2, 0.25) is 0 Å². The van der Waals surface area contributed by atoms with E-state index in [4.69, 9.17) is 5.11 Å². The summed E-state index contributed by atoms with van der Waals surface area (Å²) >= 11 is 0. The summed E-state index contributed by atoms with van der Waals surface area (Å²) in [6.07, 6.45) is 0.655. The number of aryl methyl sites for hydroxylation is 1. The number of carbonyl (C=O) groups is 1. The van der Waals surface area contributed by atoms with Crippen molar-refractivity contribution in [3.63, 3.8) is 0 Å². The quantitative estimate of drug-likeness (QED) is 0.809. The van der Waals surface area contributed by atoms with Gasteiger partial charge in [-0.15, -0.1) is 0 Å². The molecule has 0 unspecified atom stereocenters. The van der Waals surface area contributed by atoms with Crippen LogP contribution in [0.5, 0.6) is 5.75 Å². The Bertz CT molecular complexity index is 337. The lowest BCUT2D eigenvalue weighted by Crippen LogP contribution is -2.01. The standard InChI is InChI=1S/C10H11FO3.C2H6/c1-14-10(13)5-3-7-2-4-8(11)9(12)6-7;1-2/h2,4,6,12H,3,5H2,1H3;1-2H3. The number of aromatic hydroxyl groups is 1. The molecule has 1 rings (SSSR count). The summed E-state index contributed by atoms with van der Waals surface area (Å²) in [5, 5.41) is 9.03. The van der Waals surface area contributed by atoms with Crippen molar-refractivity contribution in [1.29, 1.82) is 0 Å². The molecule has 0 bridgehead atoms. The van der Waals surface area contributed by atoms with Crippen molar-refractivity contribution in [3.05, 3.63) is 29.6 Å². The lowest BCUT2D eigenvalue weighted by molar-refractivity contribution is -0.140. The van der Waals surface area contributed by atoms with Gasteiger partial charge < -0.3 is 9.84 Å². The zero-order chi connectivity index (χ0) is 12.6. The van der Waals surface area contributed by atoms with Gasteiger partial charge in [-0.05, 0) is 24.1 Å². The van der Waals surface area contributed by atoms with E-state index >= 15 is 0 Å². The number of halogens is 1. The van der Waals surface area contributed by atoms with Crippen molar-refractivity contribution in [2.24, 2.45) is 0 Å². The lowest BCUT2D eigenvalue weighted by atomic mass is 10.1. The molecule has 0 saturated carbocycles. The first-order valence-electron chi connectivity index (χ1n) is 5.17. The third-order valence-electron chi connectivity index (χ3n) is 1.86. The van der Waals surface area contributed by atoms with Crippen LogP contribution in [-0.4, -0.2) is 18.2 Å². The molecule has 0 radical (unpaired) electrons. The highest BCUT2D eigenvalue weighted by atomic mass is 19.1. The molecule has 0 aliphatic heterocycles. The van der Waals surface area contributed by atoms with Crippen molar-refractivity contribution in [2.45, 2.75) is 26.7 Å². The number of hydrogen-bond acceptors (Lipinski definition) is 3. The van der Waals surface area contributed by atoms with E-state index in [2.05, 4.69) is 4.74 Å². The molecule has 0 fully saturated rings. The van der Waals surface area contributed by atoms with Crippen LogP contribution in [0.2, 0.25) is 0 Å². The summed E-state index contributed by atoms with van der Waals surface area (Å²) in [4.78, 5) is 10.8. The predicted octanol–water partition coefficient (Wildman–Crippen LogP) is 2.66. The molecule has 0 aliphatic carbocycles. The van der Waals surface area contributed by atoms with Crippen LogP contribution in [0.1, 0.15) is 25.8 Å². The van der Waals surface area contributed by atoms with E-state index in [1.807, 2.05) is 13.8 Å². The molecule has 4 heteroatoms. The fraction of sp³-hybridized carbons (Fsp3) is 0.417. The molecular weight excluding hydrogens is 211 g/mol. The zero-order valence-corrected chi connectivity index (χ0v) is 9.79. The lowest BCUT2D eigenvalue weighted by Gasteiger charge is -2.01. The van der Waals surface area contributed by atoms with E-state index in [9.17, 15) is 9.18 Å². The van der Waals surface area contributed by atoms with Crippen LogP contribution in [0, 0.1) is 5.82 Å². The van der Waals surface area contributed by atoms with Gasteiger partial charge in [-0.3, -0.25) is 4.79 Å². The van der Waals surface area contributed by atoms with Crippen molar-refractivity contribution >= 4 is 5.97 Å². The summed E-state index contributed by atoms with van der Waals surface area (Å²) in [5.41, 5.74) is 0.703. The second kappa shape index (κ2) is 7.68. The van der Waals surface area contributed by atoms with Gasteiger partial charge in [0.25, 0.3) is 0 Å². The van der Waals surface area contributed by atoms with E-state index in [1.54, 1.807) is 0 Å². The number of methoxy groups -OCH3 is 1. The Morgan fingerprint density at radius 1 is 1.44 bits per heavy atom. The first-order chi connectivity index (χ1) is 7.63. The van der Waals surface area contributed by atoms with Gasteiger partial charge >= 0.3 is 5.97 Å². The Labute approximate surface area is 94.9 Å². The van der Waals surface area contributed by atoms with Crippen molar-refractivity contribution in [3.8, 4) is 5.75 Å². The number of benzene rings is 1. The van der Waals surface area contributed by atoms with E-state index in [1.165, 1.54) is 25.3 Å². The van der Waals surface area contributed by atoms with Crippen LogP contribution in [0.25, 0.3) is 0 Å². The van der Waals surface area contributed by atoms with Crippen LogP contribution >= 0.6 is 0 Å². The summed E-state index contributed by atoms with van der Waals surface area (Å²) in [7, 11) is 1.31. The average Bonchev–Trinajstić information content (AvgIpc) is 2.33. The molecule has 0 aliphatic rings. The summed E-state index contributed by atoms with van der Waals surface area (Å²) in [6, 6.07) is 4.00. The minimum atomic E-state index is -0.660. The predicted molar refractivity (Wildman–Crippen MR) is 59.7 cm³/mol. The largest absolute Gasteiger partial charge is 0.505 e. The van der Waals surface area contributed by atoms with Crippen LogP contribution in [0.4, 0.5) is 4.39 Å². The Hall–Kier alpha value is -1.58. The second-order valence-electron chi connectivity index (χ2n) is 2.86. The number of phenolic OH excluding ortho intramolecular Hbond substituents is 1. The van der Waals surface area contributed by atoms with E-state index < -0.39 is 11.6 Å². The highest BCUT2D eigenvalue weighted by molar-refractivity contribution is 5.69. The Morgan fingerprint density at radius 2 is 2.06 bits per heavy atom. The second-order valence-corrected chi connectivity index (χ2v) is 2.86. The maximum Gasteiger partial charge on any atom is 0.305 e. The molecule has 0 saturated heterocycles. The van der Waals surface area contributed by atoms with Gasteiger partial charge in [0.1, 0.15) is 0 Å². The fourth-order valence-electron chi connectivity index (χ4n) is 1.06. The van der Waals surface area contributed by atoms with Crippen molar-refractivity contribution in [1.82, 2.24) is 0 Å². The number of carbonyl (C=O) groups excluding carboxylic acids is 1. The number of rotatable bonds is 3.